The fourth-order valence-corrected chi connectivity index (χ4v) is 23.0. The van der Waals surface area contributed by atoms with E-state index in [0.29, 0.717) is 0 Å². The lowest BCUT2D eigenvalue weighted by atomic mass is 10.2. The molecule has 1 rings (SSSR count). The van der Waals surface area contributed by atoms with Crippen LogP contribution < -0.4 is 0 Å². The van der Waals surface area contributed by atoms with E-state index in [4.69, 9.17) is 20.9 Å². The highest BCUT2D eigenvalue weighted by Gasteiger charge is 2.55. The molecule has 5 nitrogen and oxygen atoms in total. The molecule has 0 aromatic rings. The zero-order valence-electron chi connectivity index (χ0n) is 14.5. The van der Waals surface area contributed by atoms with Gasteiger partial charge in [-0.25, -0.2) is 0 Å². The summed E-state index contributed by atoms with van der Waals surface area (Å²) >= 11 is 0. The molecule has 1 aliphatic rings. The summed E-state index contributed by atoms with van der Waals surface area (Å²) in [6, 6.07) is 0. The Morgan fingerprint density at radius 3 is 1.20 bits per heavy atom. The Balaban J connectivity index is 3.09. The van der Waals surface area contributed by atoms with Gasteiger partial charge in [-0.3, -0.25) is 0 Å². The van der Waals surface area contributed by atoms with Crippen molar-refractivity contribution in [3.8, 4) is 0 Å². The van der Waals surface area contributed by atoms with Crippen LogP contribution in [0.25, 0.3) is 0 Å². The van der Waals surface area contributed by atoms with Crippen molar-refractivity contribution in [3.63, 3.8) is 0 Å². The summed E-state index contributed by atoms with van der Waals surface area (Å²) in [7, 11) is -9.69. The monoisotopic (exact) mass is 354 g/mol. The summed E-state index contributed by atoms with van der Waals surface area (Å²) in [5.41, 5.74) is -0.317. The van der Waals surface area contributed by atoms with Crippen LogP contribution in [0.3, 0.4) is 0 Å². The van der Waals surface area contributed by atoms with Crippen molar-refractivity contribution in [3.05, 3.63) is 0 Å². The number of hydrogen-bond donors (Lipinski definition) is 0. The number of hydrogen-bond acceptors (Lipinski definition) is 5. The SMILES string of the molecule is CC(C)(C)O[Si]1(C)O[Si](C)(C)O[Si](C)(C)O[Si](C)(C)O1. The second kappa shape index (κ2) is 5.39. The molecule has 0 amide bonds. The minimum atomic E-state index is -2.79. The van der Waals surface area contributed by atoms with Crippen LogP contribution in [0.5, 0.6) is 0 Å². The van der Waals surface area contributed by atoms with Crippen LogP contribution in [0.15, 0.2) is 0 Å². The van der Waals surface area contributed by atoms with Crippen LogP contribution in [-0.2, 0) is 20.9 Å². The third kappa shape index (κ3) is 6.20. The second-order valence-corrected chi connectivity index (χ2v) is 21.3. The summed E-state index contributed by atoms with van der Waals surface area (Å²) in [6.45, 7) is 20.2. The van der Waals surface area contributed by atoms with E-state index in [1.165, 1.54) is 0 Å². The highest BCUT2D eigenvalue weighted by Crippen LogP contribution is 2.32. The van der Waals surface area contributed by atoms with Crippen LogP contribution in [0.2, 0.25) is 45.8 Å². The summed E-state index contributed by atoms with van der Waals surface area (Å²) in [6.07, 6.45) is 0. The average molecular weight is 355 g/mol. The second-order valence-electron chi connectivity index (χ2n) is 7.68. The van der Waals surface area contributed by atoms with Crippen LogP contribution in [0.4, 0.5) is 0 Å². The molecule has 9 heteroatoms. The van der Waals surface area contributed by atoms with Crippen LogP contribution in [0.1, 0.15) is 20.8 Å². The van der Waals surface area contributed by atoms with Gasteiger partial charge in [0.05, 0.1) is 5.60 Å². The van der Waals surface area contributed by atoms with E-state index in [0.717, 1.165) is 0 Å². The maximum atomic E-state index is 6.31. The maximum Gasteiger partial charge on any atom is 0.480 e. The minimum absolute atomic E-state index is 0.317. The fourth-order valence-electron chi connectivity index (χ4n) is 2.76. The van der Waals surface area contributed by atoms with Crippen molar-refractivity contribution < 1.29 is 20.9 Å². The predicted molar refractivity (Wildman–Crippen MR) is 89.2 cm³/mol. The normalized spacial score (nSPS) is 28.5. The van der Waals surface area contributed by atoms with Crippen molar-refractivity contribution in [1.29, 1.82) is 0 Å². The smallest absolute Gasteiger partial charge is 0.416 e. The molecule has 120 valence electrons. The van der Waals surface area contributed by atoms with Gasteiger partial charge < -0.3 is 20.9 Å². The molecule has 0 unspecified atom stereocenters. The first kappa shape index (κ1) is 18.7. The quantitative estimate of drug-likeness (QED) is 0.674. The lowest BCUT2D eigenvalue weighted by Crippen LogP contribution is -2.67. The molecule has 1 saturated heterocycles. The Morgan fingerprint density at radius 1 is 0.600 bits per heavy atom. The third-order valence-electron chi connectivity index (χ3n) is 2.34. The molecule has 0 aliphatic carbocycles. The van der Waals surface area contributed by atoms with Gasteiger partial charge in [0.25, 0.3) is 0 Å². The molecule has 20 heavy (non-hydrogen) atoms. The van der Waals surface area contributed by atoms with Crippen LogP contribution in [0, 0.1) is 0 Å². The van der Waals surface area contributed by atoms with E-state index in [1.807, 2.05) is 53.5 Å². The highest BCUT2D eigenvalue weighted by atomic mass is 28.5. The summed E-state index contributed by atoms with van der Waals surface area (Å²) in [5, 5.41) is 0. The van der Waals surface area contributed by atoms with Crippen LogP contribution in [-0.4, -0.2) is 40.1 Å². The molecule has 0 atom stereocenters. The average Bonchev–Trinajstić information content (AvgIpc) is 1.84. The molecule has 0 bridgehead atoms. The number of rotatable bonds is 1. The van der Waals surface area contributed by atoms with Gasteiger partial charge in [0.15, 0.2) is 0 Å². The lowest BCUT2D eigenvalue weighted by Gasteiger charge is -2.47. The molecule has 0 saturated carbocycles. The highest BCUT2D eigenvalue weighted by molar-refractivity contribution is 6.91. The Hall–Kier alpha value is 0.668. The van der Waals surface area contributed by atoms with Gasteiger partial charge >= 0.3 is 34.5 Å². The van der Waals surface area contributed by atoms with Gasteiger partial charge in [0.1, 0.15) is 0 Å². The van der Waals surface area contributed by atoms with Gasteiger partial charge in [0.2, 0.25) is 0 Å². The standard InChI is InChI=1S/C11H30O5Si4/c1-11(2,3)12-20(10)15-18(6,7)13-17(4,5)14-19(8,9)16-20/h1-10H3. The van der Waals surface area contributed by atoms with Gasteiger partial charge in [-0.05, 0) is 60.1 Å². The Bertz CT molecular complexity index is 342. The molecule has 1 aliphatic heterocycles. The van der Waals surface area contributed by atoms with E-state index in [-0.39, 0.29) is 5.60 Å². The summed E-state index contributed by atoms with van der Waals surface area (Å²) in [5.74, 6) is 0. The zero-order chi connectivity index (χ0) is 16.0. The minimum Gasteiger partial charge on any atom is -0.416 e. The van der Waals surface area contributed by atoms with E-state index < -0.39 is 34.5 Å². The molecule has 0 aromatic carbocycles. The van der Waals surface area contributed by atoms with Crippen molar-refractivity contribution >= 4 is 34.5 Å². The van der Waals surface area contributed by atoms with Crippen molar-refractivity contribution in [1.82, 2.24) is 0 Å². The molecule has 0 radical (unpaired) electrons. The third-order valence-corrected chi connectivity index (χ3v) is 18.1. The first-order valence-electron chi connectivity index (χ1n) is 7.04. The van der Waals surface area contributed by atoms with Gasteiger partial charge in [-0.15, -0.1) is 0 Å². The molecule has 1 heterocycles. The van der Waals surface area contributed by atoms with E-state index in [1.54, 1.807) is 0 Å². The zero-order valence-corrected chi connectivity index (χ0v) is 18.5. The first-order chi connectivity index (χ1) is 8.54. The summed E-state index contributed by atoms with van der Waals surface area (Å²) < 4.78 is 31.3. The Morgan fingerprint density at radius 2 is 0.900 bits per heavy atom. The first-order valence-corrected chi connectivity index (χ1v) is 17.7. The van der Waals surface area contributed by atoms with Crippen molar-refractivity contribution in [2.24, 2.45) is 0 Å². The molecule has 0 spiro atoms. The fraction of sp³-hybridized carbons (Fsp3) is 1.00. The van der Waals surface area contributed by atoms with Crippen molar-refractivity contribution in [2.75, 3.05) is 0 Å². The molecular weight excluding hydrogens is 324 g/mol. The molecule has 0 N–H and O–H groups in total. The van der Waals surface area contributed by atoms with Gasteiger partial charge in [0, 0.05) is 6.55 Å². The Labute approximate surface area is 128 Å². The lowest BCUT2D eigenvalue weighted by molar-refractivity contribution is 0.0397. The van der Waals surface area contributed by atoms with Gasteiger partial charge in [-0.2, -0.15) is 0 Å². The molecular formula is C11H30O5Si4. The van der Waals surface area contributed by atoms with Crippen molar-refractivity contribution in [2.45, 2.75) is 72.2 Å². The topological polar surface area (TPSA) is 46.2 Å². The molecule has 0 aromatic heterocycles. The van der Waals surface area contributed by atoms with E-state index >= 15 is 0 Å². The van der Waals surface area contributed by atoms with Gasteiger partial charge in [-0.1, -0.05) is 0 Å². The van der Waals surface area contributed by atoms with Crippen LogP contribution >= 0.6 is 0 Å². The van der Waals surface area contributed by atoms with E-state index in [2.05, 4.69) is 13.1 Å². The maximum absolute atomic E-state index is 6.31. The largest absolute Gasteiger partial charge is 0.480 e. The molecule has 1 fully saturated rings. The Kier molecular flexibility index (Phi) is 5.04. The van der Waals surface area contributed by atoms with E-state index in [9.17, 15) is 0 Å². The predicted octanol–water partition coefficient (Wildman–Crippen LogP) is 3.56. The summed E-state index contributed by atoms with van der Waals surface area (Å²) in [4.78, 5) is 0.